The standard InChI is InChI=1S/C14H17FN2O/c1-12(14(17,10-15)11-16)7-8-18-9-13-5-3-2-4-6-13/h2-6H,1,7-10,17H2. The molecule has 0 heterocycles. The lowest BCUT2D eigenvalue weighted by Crippen LogP contribution is -2.42. The van der Waals surface area contributed by atoms with Gasteiger partial charge in [-0.1, -0.05) is 36.9 Å². The predicted octanol–water partition coefficient (Wildman–Crippen LogP) is 2.34. The fraction of sp³-hybridized carbons (Fsp3) is 0.357. The Labute approximate surface area is 107 Å². The first-order chi connectivity index (χ1) is 8.62. The summed E-state index contributed by atoms with van der Waals surface area (Å²) in [5.74, 6) is 0. The molecule has 0 aliphatic heterocycles. The number of alkyl halides is 1. The van der Waals surface area contributed by atoms with Gasteiger partial charge in [-0.25, -0.2) is 4.39 Å². The van der Waals surface area contributed by atoms with Crippen molar-refractivity contribution in [3.63, 3.8) is 0 Å². The van der Waals surface area contributed by atoms with Crippen LogP contribution in [0, 0.1) is 11.3 Å². The van der Waals surface area contributed by atoms with Gasteiger partial charge < -0.3 is 10.5 Å². The zero-order chi connectivity index (χ0) is 13.4. The summed E-state index contributed by atoms with van der Waals surface area (Å²) in [5, 5.41) is 8.77. The van der Waals surface area contributed by atoms with Crippen LogP contribution in [0.2, 0.25) is 0 Å². The lowest BCUT2D eigenvalue weighted by atomic mass is 9.93. The monoisotopic (exact) mass is 248 g/mol. The van der Waals surface area contributed by atoms with E-state index in [1.54, 1.807) is 6.07 Å². The predicted molar refractivity (Wildman–Crippen MR) is 68.4 cm³/mol. The molecule has 1 rings (SSSR count). The Bertz CT molecular complexity index is 427. The molecule has 0 radical (unpaired) electrons. The molecular weight excluding hydrogens is 231 g/mol. The van der Waals surface area contributed by atoms with Crippen LogP contribution >= 0.6 is 0 Å². The first-order valence-corrected chi connectivity index (χ1v) is 5.68. The van der Waals surface area contributed by atoms with Gasteiger partial charge in [0, 0.05) is 0 Å². The van der Waals surface area contributed by atoms with Crippen LogP contribution in [0.4, 0.5) is 4.39 Å². The number of nitriles is 1. The fourth-order valence-corrected chi connectivity index (χ4v) is 1.39. The molecule has 0 aliphatic rings. The van der Waals surface area contributed by atoms with Gasteiger partial charge in [0.05, 0.1) is 19.3 Å². The zero-order valence-corrected chi connectivity index (χ0v) is 10.2. The third kappa shape index (κ3) is 3.95. The summed E-state index contributed by atoms with van der Waals surface area (Å²) in [6.45, 7) is 3.57. The molecule has 0 spiro atoms. The van der Waals surface area contributed by atoms with E-state index in [1.165, 1.54) is 0 Å². The maximum absolute atomic E-state index is 12.6. The second-order valence-electron chi connectivity index (χ2n) is 4.11. The molecule has 0 aromatic heterocycles. The molecule has 0 saturated carbocycles. The molecule has 1 unspecified atom stereocenters. The normalized spacial score (nSPS) is 13.6. The van der Waals surface area contributed by atoms with Gasteiger partial charge in [0.1, 0.15) is 6.67 Å². The Morgan fingerprint density at radius 2 is 2.11 bits per heavy atom. The molecule has 1 atom stereocenters. The highest BCUT2D eigenvalue weighted by Crippen LogP contribution is 2.16. The summed E-state index contributed by atoms with van der Waals surface area (Å²) in [6, 6.07) is 11.4. The highest BCUT2D eigenvalue weighted by atomic mass is 19.1. The van der Waals surface area contributed by atoms with Crippen LogP contribution in [0.25, 0.3) is 0 Å². The van der Waals surface area contributed by atoms with Gasteiger partial charge in [-0.15, -0.1) is 0 Å². The molecule has 0 aliphatic carbocycles. The maximum atomic E-state index is 12.6. The third-order valence-corrected chi connectivity index (χ3v) is 2.70. The van der Waals surface area contributed by atoms with E-state index in [2.05, 4.69) is 6.58 Å². The van der Waals surface area contributed by atoms with Crippen molar-refractivity contribution in [2.24, 2.45) is 5.73 Å². The molecular formula is C14H17FN2O. The van der Waals surface area contributed by atoms with Crippen LogP contribution < -0.4 is 5.73 Å². The van der Waals surface area contributed by atoms with Gasteiger partial charge in [-0.2, -0.15) is 5.26 Å². The summed E-state index contributed by atoms with van der Waals surface area (Å²) in [7, 11) is 0. The summed E-state index contributed by atoms with van der Waals surface area (Å²) in [6.07, 6.45) is 0.376. The van der Waals surface area contributed by atoms with Crippen molar-refractivity contribution in [2.45, 2.75) is 18.6 Å². The summed E-state index contributed by atoms with van der Waals surface area (Å²) in [5.41, 5.74) is 5.38. The van der Waals surface area contributed by atoms with E-state index in [4.69, 9.17) is 15.7 Å². The number of nitrogens with two attached hydrogens (primary N) is 1. The van der Waals surface area contributed by atoms with E-state index in [1.807, 2.05) is 30.3 Å². The largest absolute Gasteiger partial charge is 0.376 e. The average molecular weight is 248 g/mol. The number of hydrogen-bond donors (Lipinski definition) is 1. The highest BCUT2D eigenvalue weighted by molar-refractivity contribution is 5.27. The number of benzene rings is 1. The van der Waals surface area contributed by atoms with Crippen molar-refractivity contribution < 1.29 is 9.13 Å². The quantitative estimate of drug-likeness (QED) is 0.595. The van der Waals surface area contributed by atoms with Gasteiger partial charge in [0.2, 0.25) is 0 Å². The lowest BCUT2D eigenvalue weighted by molar-refractivity contribution is 0.122. The minimum Gasteiger partial charge on any atom is -0.376 e. The Morgan fingerprint density at radius 1 is 1.44 bits per heavy atom. The van der Waals surface area contributed by atoms with Crippen LogP contribution in [-0.4, -0.2) is 18.8 Å². The topological polar surface area (TPSA) is 59.0 Å². The number of nitrogens with zero attached hydrogens (tertiary/aromatic N) is 1. The summed E-state index contributed by atoms with van der Waals surface area (Å²) >= 11 is 0. The smallest absolute Gasteiger partial charge is 0.154 e. The Morgan fingerprint density at radius 3 is 2.67 bits per heavy atom. The lowest BCUT2D eigenvalue weighted by Gasteiger charge is -2.20. The van der Waals surface area contributed by atoms with Crippen molar-refractivity contribution in [2.75, 3.05) is 13.3 Å². The molecule has 4 heteroatoms. The van der Waals surface area contributed by atoms with Crippen molar-refractivity contribution in [1.82, 2.24) is 0 Å². The van der Waals surface area contributed by atoms with Crippen molar-refractivity contribution in [1.29, 1.82) is 5.26 Å². The second kappa shape index (κ2) is 6.90. The molecule has 1 aromatic rings. The van der Waals surface area contributed by atoms with Crippen molar-refractivity contribution >= 4 is 0 Å². The molecule has 2 N–H and O–H groups in total. The molecule has 1 aromatic carbocycles. The van der Waals surface area contributed by atoms with Crippen molar-refractivity contribution in [3.05, 3.63) is 48.0 Å². The van der Waals surface area contributed by atoms with Crippen molar-refractivity contribution in [3.8, 4) is 6.07 Å². The minimum atomic E-state index is -1.59. The number of hydrogen-bond acceptors (Lipinski definition) is 3. The third-order valence-electron chi connectivity index (χ3n) is 2.70. The van der Waals surface area contributed by atoms with E-state index in [0.717, 1.165) is 5.56 Å². The van der Waals surface area contributed by atoms with Gasteiger partial charge in [0.15, 0.2) is 5.54 Å². The number of ether oxygens (including phenoxy) is 1. The van der Waals surface area contributed by atoms with E-state index in [9.17, 15) is 4.39 Å². The molecule has 0 amide bonds. The van der Waals surface area contributed by atoms with Crippen LogP contribution in [0.3, 0.4) is 0 Å². The summed E-state index contributed by atoms with van der Waals surface area (Å²) in [4.78, 5) is 0. The van der Waals surface area contributed by atoms with E-state index in [-0.39, 0.29) is 0 Å². The maximum Gasteiger partial charge on any atom is 0.154 e. The SMILES string of the molecule is C=C(CCOCc1ccccc1)C(N)(C#N)CF. The number of halogens is 1. The van der Waals surface area contributed by atoms with Crippen LogP contribution in [-0.2, 0) is 11.3 Å². The molecule has 96 valence electrons. The fourth-order valence-electron chi connectivity index (χ4n) is 1.39. The second-order valence-corrected chi connectivity index (χ2v) is 4.11. The molecule has 0 saturated heterocycles. The Balaban J connectivity index is 2.31. The van der Waals surface area contributed by atoms with E-state index >= 15 is 0 Å². The minimum absolute atomic E-state index is 0.362. The molecule has 0 bridgehead atoms. The van der Waals surface area contributed by atoms with Crippen LogP contribution in [0.5, 0.6) is 0 Å². The molecule has 18 heavy (non-hydrogen) atoms. The zero-order valence-electron chi connectivity index (χ0n) is 10.2. The first-order valence-electron chi connectivity index (χ1n) is 5.68. The molecule has 3 nitrogen and oxygen atoms in total. The van der Waals surface area contributed by atoms with Gasteiger partial charge in [-0.05, 0) is 17.6 Å². The van der Waals surface area contributed by atoms with Gasteiger partial charge in [0.25, 0.3) is 0 Å². The summed E-state index contributed by atoms with van der Waals surface area (Å²) < 4.78 is 18.0. The van der Waals surface area contributed by atoms with Gasteiger partial charge >= 0.3 is 0 Å². The molecule has 0 fully saturated rings. The average Bonchev–Trinajstić information content (AvgIpc) is 2.43. The Hall–Kier alpha value is -1.70. The van der Waals surface area contributed by atoms with Crippen LogP contribution in [0.1, 0.15) is 12.0 Å². The first kappa shape index (κ1) is 14.4. The number of rotatable bonds is 7. The Kier molecular flexibility index (Phi) is 5.50. The van der Waals surface area contributed by atoms with Crippen LogP contribution in [0.15, 0.2) is 42.5 Å². The van der Waals surface area contributed by atoms with E-state index < -0.39 is 12.2 Å². The van der Waals surface area contributed by atoms with E-state index in [0.29, 0.717) is 25.2 Å². The van der Waals surface area contributed by atoms with Gasteiger partial charge in [-0.3, -0.25) is 0 Å². The highest BCUT2D eigenvalue weighted by Gasteiger charge is 2.27.